The van der Waals surface area contributed by atoms with Crippen LogP contribution in [0.1, 0.15) is 59.1 Å². The minimum Gasteiger partial charge on any atom is -0.497 e. The van der Waals surface area contributed by atoms with Crippen molar-refractivity contribution in [2.75, 3.05) is 7.11 Å². The lowest BCUT2D eigenvalue weighted by molar-refractivity contribution is -0.117. The van der Waals surface area contributed by atoms with Gasteiger partial charge in [0.1, 0.15) is 17.4 Å². The van der Waals surface area contributed by atoms with E-state index in [0.29, 0.717) is 22.7 Å². The lowest BCUT2D eigenvalue weighted by atomic mass is 10.00. The van der Waals surface area contributed by atoms with Crippen molar-refractivity contribution in [2.45, 2.75) is 59.0 Å². The van der Waals surface area contributed by atoms with Crippen LogP contribution in [0.15, 0.2) is 45.7 Å². The smallest absolute Gasteiger partial charge is 0.252 e. The van der Waals surface area contributed by atoms with E-state index < -0.39 is 11.9 Å². The maximum Gasteiger partial charge on any atom is 0.252 e. The second kappa shape index (κ2) is 8.59. The summed E-state index contributed by atoms with van der Waals surface area (Å²) in [6, 6.07) is 4.10. The standard InChI is InChI=1S/C22H30FN3O2/c1-13(2)19(14(3)20(24-6)26-22(5)10-11-22)21(27)25-15(4)17-9-8-16(28-7)12-18(17)23/h8-9,12,15,26H,6,10-11H2,1-5,7H3,(H,25,27)/b20-14-. The lowest BCUT2D eigenvalue weighted by Gasteiger charge is -2.21. The van der Waals surface area contributed by atoms with Gasteiger partial charge < -0.3 is 15.4 Å². The van der Waals surface area contributed by atoms with E-state index in [1.54, 1.807) is 19.1 Å². The SMILES string of the molecule is C=N/C(NC1(C)CC1)=C(\C)C(C(=O)NC(C)c1ccc(OC)cc1F)=C(C)C. The van der Waals surface area contributed by atoms with Crippen molar-refractivity contribution in [2.24, 2.45) is 4.99 Å². The number of methoxy groups -OCH3 is 1. The predicted octanol–water partition coefficient (Wildman–Crippen LogP) is 4.42. The van der Waals surface area contributed by atoms with Gasteiger partial charge in [0.25, 0.3) is 5.91 Å². The molecule has 1 aromatic rings. The van der Waals surface area contributed by atoms with E-state index in [1.807, 2.05) is 20.8 Å². The number of halogens is 1. The van der Waals surface area contributed by atoms with Crippen molar-refractivity contribution in [3.8, 4) is 5.75 Å². The number of aliphatic imine (C=N–C) groups is 1. The molecular weight excluding hydrogens is 357 g/mol. The van der Waals surface area contributed by atoms with Crippen LogP contribution in [0.5, 0.6) is 5.75 Å². The molecule has 0 saturated heterocycles. The number of carbonyl (C=O) groups excluding carboxylic acids is 1. The maximum absolute atomic E-state index is 14.3. The van der Waals surface area contributed by atoms with E-state index in [9.17, 15) is 9.18 Å². The fourth-order valence-corrected chi connectivity index (χ4v) is 3.07. The van der Waals surface area contributed by atoms with Gasteiger partial charge in [-0.05, 0) is 60.2 Å². The lowest BCUT2D eigenvalue weighted by Crippen LogP contribution is -2.32. The van der Waals surface area contributed by atoms with Gasteiger partial charge in [0.15, 0.2) is 0 Å². The summed E-state index contributed by atoms with van der Waals surface area (Å²) < 4.78 is 19.4. The summed E-state index contributed by atoms with van der Waals surface area (Å²) in [7, 11) is 1.48. The van der Waals surface area contributed by atoms with Crippen LogP contribution < -0.4 is 15.4 Å². The molecule has 1 aliphatic rings. The summed E-state index contributed by atoms with van der Waals surface area (Å²) in [4.78, 5) is 17.1. The topological polar surface area (TPSA) is 62.7 Å². The van der Waals surface area contributed by atoms with Crippen molar-refractivity contribution < 1.29 is 13.9 Å². The highest BCUT2D eigenvalue weighted by Gasteiger charge is 2.38. The zero-order chi connectivity index (χ0) is 21.1. The van der Waals surface area contributed by atoms with E-state index in [1.165, 1.54) is 13.2 Å². The third-order valence-corrected chi connectivity index (χ3v) is 5.06. The number of ether oxygens (including phenoxy) is 1. The van der Waals surface area contributed by atoms with Crippen LogP contribution in [0.25, 0.3) is 0 Å². The van der Waals surface area contributed by atoms with Crippen LogP contribution in [-0.2, 0) is 4.79 Å². The Morgan fingerprint density at radius 1 is 1.32 bits per heavy atom. The van der Waals surface area contributed by atoms with E-state index in [-0.39, 0.29) is 11.4 Å². The molecule has 0 spiro atoms. The molecule has 0 radical (unpaired) electrons. The van der Waals surface area contributed by atoms with Gasteiger partial charge >= 0.3 is 0 Å². The van der Waals surface area contributed by atoms with Crippen molar-refractivity contribution in [1.82, 2.24) is 10.6 Å². The number of hydrogen-bond acceptors (Lipinski definition) is 4. The van der Waals surface area contributed by atoms with Gasteiger partial charge in [-0.15, -0.1) is 0 Å². The molecule has 0 aliphatic heterocycles. The fraction of sp³-hybridized carbons (Fsp3) is 0.455. The normalized spacial score (nSPS) is 16.4. The summed E-state index contributed by atoms with van der Waals surface area (Å²) in [5, 5.41) is 6.27. The van der Waals surface area contributed by atoms with Gasteiger partial charge in [0.05, 0.1) is 13.2 Å². The van der Waals surface area contributed by atoms with Crippen molar-refractivity contribution in [1.29, 1.82) is 0 Å². The molecule has 1 aromatic carbocycles. The summed E-state index contributed by atoms with van der Waals surface area (Å²) in [6.45, 7) is 13.1. The van der Waals surface area contributed by atoms with Crippen molar-refractivity contribution in [3.05, 3.63) is 52.1 Å². The number of benzene rings is 1. The van der Waals surface area contributed by atoms with Gasteiger partial charge in [0.2, 0.25) is 0 Å². The number of amides is 1. The molecule has 1 aliphatic carbocycles. The first-order valence-corrected chi connectivity index (χ1v) is 9.40. The molecule has 0 heterocycles. The summed E-state index contributed by atoms with van der Waals surface area (Å²) in [5.74, 6) is 0.346. The highest BCUT2D eigenvalue weighted by molar-refractivity contribution is 5.98. The number of allylic oxidation sites excluding steroid dienone is 1. The average molecular weight is 387 g/mol. The van der Waals surface area contributed by atoms with Gasteiger partial charge in [-0.3, -0.25) is 4.79 Å². The maximum atomic E-state index is 14.3. The molecule has 0 bridgehead atoms. The van der Waals surface area contributed by atoms with E-state index in [4.69, 9.17) is 4.74 Å². The molecule has 5 nitrogen and oxygen atoms in total. The summed E-state index contributed by atoms with van der Waals surface area (Å²) >= 11 is 0. The van der Waals surface area contributed by atoms with Crippen molar-refractivity contribution >= 4 is 12.6 Å². The molecule has 1 amide bonds. The zero-order valence-electron chi connectivity index (χ0n) is 17.6. The van der Waals surface area contributed by atoms with Crippen molar-refractivity contribution in [3.63, 3.8) is 0 Å². The number of nitrogens with zero attached hydrogens (tertiary/aromatic N) is 1. The Labute approximate surface area is 166 Å². The Balaban J connectivity index is 2.26. The van der Waals surface area contributed by atoms with Gasteiger partial charge in [-0.25, -0.2) is 9.38 Å². The second-order valence-corrected chi connectivity index (χ2v) is 7.77. The van der Waals surface area contributed by atoms with Crippen LogP contribution in [0, 0.1) is 5.82 Å². The second-order valence-electron chi connectivity index (χ2n) is 7.77. The van der Waals surface area contributed by atoms with Gasteiger partial charge in [0, 0.05) is 28.3 Å². The molecule has 0 aromatic heterocycles. The highest BCUT2D eigenvalue weighted by atomic mass is 19.1. The predicted molar refractivity (Wildman–Crippen MR) is 111 cm³/mol. The fourth-order valence-electron chi connectivity index (χ4n) is 3.07. The number of rotatable bonds is 8. The molecule has 1 saturated carbocycles. The molecule has 152 valence electrons. The minimum atomic E-state index is -0.505. The Morgan fingerprint density at radius 3 is 2.43 bits per heavy atom. The van der Waals surface area contributed by atoms with Gasteiger partial charge in [-0.2, -0.15) is 0 Å². The van der Waals surface area contributed by atoms with E-state index >= 15 is 0 Å². The molecule has 2 rings (SSSR count). The largest absolute Gasteiger partial charge is 0.497 e. The Hall–Kier alpha value is -2.63. The van der Waals surface area contributed by atoms with Crippen LogP contribution in [0.3, 0.4) is 0 Å². The Morgan fingerprint density at radius 2 is 1.96 bits per heavy atom. The molecule has 1 unspecified atom stereocenters. The summed E-state index contributed by atoms with van der Waals surface area (Å²) in [5.41, 5.74) is 2.51. The Bertz CT molecular complexity index is 834. The van der Waals surface area contributed by atoms with Crippen LogP contribution in [-0.4, -0.2) is 25.3 Å². The molecule has 6 heteroatoms. The highest BCUT2D eigenvalue weighted by Crippen LogP contribution is 2.36. The number of nitrogens with one attached hydrogen (secondary N) is 2. The molecule has 1 atom stereocenters. The first kappa shape index (κ1) is 21.7. The average Bonchev–Trinajstić information content (AvgIpc) is 3.36. The van der Waals surface area contributed by atoms with Crippen LogP contribution in [0.4, 0.5) is 4.39 Å². The zero-order valence-corrected chi connectivity index (χ0v) is 17.6. The van der Waals surface area contributed by atoms with E-state index in [2.05, 4.69) is 29.3 Å². The third kappa shape index (κ3) is 5.00. The minimum absolute atomic E-state index is 0.0144. The first-order valence-electron chi connectivity index (χ1n) is 9.40. The molecule has 28 heavy (non-hydrogen) atoms. The molecule has 2 N–H and O–H groups in total. The quantitative estimate of drug-likeness (QED) is 0.394. The monoisotopic (exact) mass is 387 g/mol. The molecular formula is C22H30FN3O2. The Kier molecular flexibility index (Phi) is 6.65. The third-order valence-electron chi connectivity index (χ3n) is 5.06. The van der Waals surface area contributed by atoms with Crippen LogP contribution >= 0.6 is 0 Å². The summed E-state index contributed by atoms with van der Waals surface area (Å²) in [6.07, 6.45) is 2.12. The number of carbonyl (C=O) groups is 1. The molecule has 1 fully saturated rings. The van der Waals surface area contributed by atoms with E-state index in [0.717, 1.165) is 24.0 Å². The van der Waals surface area contributed by atoms with Gasteiger partial charge in [-0.1, -0.05) is 11.6 Å². The number of hydrogen-bond donors (Lipinski definition) is 2. The first-order chi connectivity index (χ1) is 13.1. The van der Waals surface area contributed by atoms with Crippen LogP contribution in [0.2, 0.25) is 0 Å².